The number of esters is 1. The Morgan fingerprint density at radius 1 is 0.985 bits per heavy atom. The van der Waals surface area contributed by atoms with Crippen LogP contribution in [0.3, 0.4) is 0 Å². The van der Waals surface area contributed by atoms with Crippen LogP contribution >= 0.6 is 0 Å². The quantitative estimate of drug-likeness (QED) is 0.104. The molecule has 1 aliphatic heterocycles. The van der Waals surface area contributed by atoms with Crippen molar-refractivity contribution in [2.75, 3.05) is 7.05 Å². The molecular formula is C59H73NO8. The Morgan fingerprint density at radius 3 is 2.62 bits per heavy atom. The van der Waals surface area contributed by atoms with E-state index in [-0.39, 0.29) is 54.6 Å². The van der Waals surface area contributed by atoms with Crippen molar-refractivity contribution in [2.45, 2.75) is 171 Å². The third kappa shape index (κ3) is 4.98. The molecule has 6 bridgehead atoms. The van der Waals surface area contributed by atoms with Crippen LogP contribution in [-0.2, 0) is 27.4 Å². The van der Waals surface area contributed by atoms with E-state index in [4.69, 9.17) is 4.74 Å². The standard InChI is InChI=1S/C59H73NO8/c1-31(33-8-3-4-9-33)35-14-16-45-53(64)54-19-17-32(25-54)20-36-13-15-40-44-28-55-18-6-5-10-34-11-7-12-37(29-61)41(34)23-46(60-2)42-22-38(49(55)43-24-47(63)68-50(42)43)26-58(55,66)57(65)27-39(21-35)59(45,67)56(30-62,51(44)57)52(54)48(36)40/h7,11-12,15,24,30-33,35,38-39,42,44-46,49-53,60-61,64-67H,3-4,6,8-9,13-14,16-23,25-29H2,1-2H3/t31-,32+,35+,38-,39+,42-,44+,45+,46+,49+,50+,51+,52-,53+,54-,55+,56-,57-,58+,59-/m0/s1. The first kappa shape index (κ1) is 43.7. The molecule has 68 heavy (non-hydrogen) atoms. The lowest BCUT2D eigenvalue weighted by atomic mass is 9.26. The van der Waals surface area contributed by atoms with Crippen LogP contribution in [0.2, 0.25) is 0 Å². The molecule has 0 saturated heterocycles. The topological polar surface area (TPSA) is 157 Å². The maximum atomic E-state index is 15.5. The van der Waals surface area contributed by atoms with Crippen LogP contribution in [0.4, 0.5) is 0 Å². The molecule has 14 aliphatic rings. The molecule has 0 amide bonds. The van der Waals surface area contributed by atoms with Gasteiger partial charge in [-0.25, -0.2) is 4.79 Å². The fourth-order valence-electron chi connectivity index (χ4n) is 22.1. The second-order valence-corrected chi connectivity index (χ2v) is 25.7. The number of likely N-dealkylation sites (N-methyl/N-ethyl adjacent to an activating group) is 1. The van der Waals surface area contributed by atoms with E-state index < -0.39 is 68.9 Å². The number of benzene rings is 1. The normalized spacial score (nSPS) is 51.5. The van der Waals surface area contributed by atoms with Crippen LogP contribution in [0.25, 0.3) is 0 Å². The molecule has 20 atom stereocenters. The Bertz CT molecular complexity index is 2550. The Morgan fingerprint density at radius 2 is 1.82 bits per heavy atom. The number of carbonyl (C=O) groups is 2. The first-order valence-electron chi connectivity index (χ1n) is 27.4. The van der Waals surface area contributed by atoms with E-state index in [2.05, 4.69) is 30.2 Å². The predicted octanol–water partition coefficient (Wildman–Crippen LogP) is 7.05. The number of carbonyl (C=O) groups excluding carboxylic acids is 2. The number of aliphatic hydroxyl groups is 5. The van der Waals surface area contributed by atoms with Crippen LogP contribution in [0.5, 0.6) is 0 Å². The fourth-order valence-corrected chi connectivity index (χ4v) is 22.1. The predicted molar refractivity (Wildman–Crippen MR) is 254 cm³/mol. The Kier molecular flexibility index (Phi) is 9.33. The van der Waals surface area contributed by atoms with Crippen LogP contribution < -0.4 is 5.32 Å². The van der Waals surface area contributed by atoms with Crippen molar-refractivity contribution in [3.8, 4) is 11.8 Å². The number of rotatable bonds is 5. The lowest BCUT2D eigenvalue weighted by Gasteiger charge is -2.79. The summed E-state index contributed by atoms with van der Waals surface area (Å²) in [6.45, 7) is 2.32. The monoisotopic (exact) mass is 924 g/mol. The van der Waals surface area contributed by atoms with Crippen LogP contribution in [-0.4, -0.2) is 79.9 Å². The zero-order chi connectivity index (χ0) is 46.5. The van der Waals surface area contributed by atoms with E-state index in [1.54, 1.807) is 6.08 Å². The molecule has 2 spiro atoms. The van der Waals surface area contributed by atoms with Crippen molar-refractivity contribution in [2.24, 2.45) is 87.3 Å². The molecule has 9 fully saturated rings. The number of ether oxygens (including phenoxy) is 1. The minimum Gasteiger partial charge on any atom is -0.454 e. The van der Waals surface area contributed by atoms with E-state index >= 15 is 9.90 Å². The third-order valence-electron chi connectivity index (χ3n) is 24.2. The molecule has 1 aromatic rings. The van der Waals surface area contributed by atoms with Crippen molar-refractivity contribution in [1.82, 2.24) is 5.32 Å². The van der Waals surface area contributed by atoms with Gasteiger partial charge in [-0.2, -0.15) is 0 Å². The second kappa shape index (κ2) is 14.5. The zero-order valence-corrected chi connectivity index (χ0v) is 40.2. The van der Waals surface area contributed by atoms with Gasteiger partial charge in [-0.15, -0.1) is 0 Å². The third-order valence-corrected chi connectivity index (χ3v) is 24.2. The molecular weight excluding hydrogens is 851 g/mol. The molecule has 9 heteroatoms. The number of aldehydes is 1. The lowest BCUT2D eigenvalue weighted by Crippen LogP contribution is -2.86. The SMILES string of the molecule is CN[C@@H]1Cc2c(cccc2CO)C#CCC[C@]23C[C@@H]4C5=CCC6=C5[C@H]5[C@@]7(CC[C@H](C6)C7)[C@H](O)[C@H]6CC[C@@H]([C@@H](C)C7CCCC7)C[C@@H]7C[C@](O)([C@H]4[C@]5(C=O)[C@]76O)[C@@]2(O)C[C@@H]2C[C@@H]1[C@H]1OC(=O)C=C1[C@@H]23. The number of hydrogen-bond acceptors (Lipinski definition) is 9. The molecule has 1 aromatic carbocycles. The Labute approximate surface area is 402 Å². The minimum atomic E-state index is -1.77. The van der Waals surface area contributed by atoms with Gasteiger partial charge in [0.1, 0.15) is 18.0 Å². The summed E-state index contributed by atoms with van der Waals surface area (Å²) in [5.74, 6) is 5.46. The molecule has 6 N–H and O–H groups in total. The van der Waals surface area contributed by atoms with Crippen molar-refractivity contribution in [3.05, 3.63) is 69.3 Å². The van der Waals surface area contributed by atoms with Crippen molar-refractivity contribution < 1.29 is 39.9 Å². The van der Waals surface area contributed by atoms with E-state index in [9.17, 15) is 25.2 Å². The molecule has 0 aromatic heterocycles. The molecule has 0 unspecified atom stereocenters. The number of nitrogens with one attached hydrogen (secondary N) is 1. The van der Waals surface area contributed by atoms with Gasteiger partial charge in [0.05, 0.1) is 29.3 Å². The molecule has 362 valence electrons. The summed E-state index contributed by atoms with van der Waals surface area (Å²) >= 11 is 0. The van der Waals surface area contributed by atoms with Gasteiger partial charge in [0.2, 0.25) is 0 Å². The number of aliphatic hydroxyl groups excluding tert-OH is 2. The number of hydrogen-bond donors (Lipinski definition) is 6. The van der Waals surface area contributed by atoms with Gasteiger partial charge in [0, 0.05) is 58.6 Å². The summed E-state index contributed by atoms with van der Waals surface area (Å²) in [6, 6.07) is 5.82. The summed E-state index contributed by atoms with van der Waals surface area (Å²) in [6.07, 6.45) is 18.8. The average Bonchev–Trinajstić information content (AvgIpc) is 4.17. The van der Waals surface area contributed by atoms with Gasteiger partial charge < -0.3 is 40.4 Å². The molecule has 1 heterocycles. The fraction of sp³-hybridized carbons (Fsp3) is 0.729. The summed E-state index contributed by atoms with van der Waals surface area (Å²) in [5.41, 5.74) is -0.495. The molecule has 0 radical (unpaired) electrons. The maximum Gasteiger partial charge on any atom is 0.331 e. The van der Waals surface area contributed by atoms with Crippen molar-refractivity contribution >= 4 is 12.3 Å². The van der Waals surface area contributed by atoms with E-state index in [1.807, 2.05) is 25.2 Å². The Hall–Kier alpha value is -3.10. The van der Waals surface area contributed by atoms with Crippen molar-refractivity contribution in [3.63, 3.8) is 0 Å². The Balaban J connectivity index is 1.01. The van der Waals surface area contributed by atoms with Gasteiger partial charge in [0.15, 0.2) is 0 Å². The van der Waals surface area contributed by atoms with Gasteiger partial charge >= 0.3 is 5.97 Å². The van der Waals surface area contributed by atoms with Gasteiger partial charge in [0.25, 0.3) is 0 Å². The van der Waals surface area contributed by atoms with Crippen molar-refractivity contribution in [1.29, 1.82) is 0 Å². The molecule has 9 saturated carbocycles. The van der Waals surface area contributed by atoms with Gasteiger partial charge in [-0.3, -0.25) is 0 Å². The van der Waals surface area contributed by atoms with Crippen LogP contribution in [0, 0.1) is 99.1 Å². The number of fused-ring (bicyclic) bond motifs is 6. The summed E-state index contributed by atoms with van der Waals surface area (Å²) in [4.78, 5) is 29.4. The summed E-state index contributed by atoms with van der Waals surface area (Å²) < 4.78 is 6.44. The smallest absolute Gasteiger partial charge is 0.331 e. The first-order chi connectivity index (χ1) is 32.8. The van der Waals surface area contributed by atoms with Crippen LogP contribution in [0.1, 0.15) is 139 Å². The summed E-state index contributed by atoms with van der Waals surface area (Å²) in [7, 11) is 1.96. The van der Waals surface area contributed by atoms with E-state index in [1.165, 1.54) is 42.4 Å². The molecule has 9 nitrogen and oxygen atoms in total. The number of allylic oxidation sites excluding steroid dienone is 4. The second-order valence-electron chi connectivity index (χ2n) is 25.7. The van der Waals surface area contributed by atoms with E-state index in [0.29, 0.717) is 69.1 Å². The molecule has 13 aliphatic carbocycles. The molecule has 15 rings (SSSR count). The minimum absolute atomic E-state index is 0.0961. The highest BCUT2D eigenvalue weighted by Gasteiger charge is 2.89. The van der Waals surface area contributed by atoms with Crippen LogP contribution in [0.15, 0.2) is 52.6 Å². The summed E-state index contributed by atoms with van der Waals surface area (Å²) in [5, 5.41) is 72.2. The average molecular weight is 924 g/mol. The maximum absolute atomic E-state index is 15.5. The van der Waals surface area contributed by atoms with Gasteiger partial charge in [-0.1, -0.05) is 68.2 Å². The highest BCUT2D eigenvalue weighted by atomic mass is 16.5. The lowest BCUT2D eigenvalue weighted by molar-refractivity contribution is -0.377. The first-order valence-corrected chi connectivity index (χ1v) is 27.4. The highest BCUT2D eigenvalue weighted by molar-refractivity contribution is 5.86. The zero-order valence-electron chi connectivity index (χ0n) is 40.2. The largest absolute Gasteiger partial charge is 0.454 e. The van der Waals surface area contributed by atoms with E-state index in [0.717, 1.165) is 67.1 Å². The highest BCUT2D eigenvalue weighted by Crippen LogP contribution is 2.85. The van der Waals surface area contributed by atoms with Gasteiger partial charge in [-0.05, 0) is 178 Å².